The maximum Gasteiger partial charge on any atom is 0.187 e. The van der Waals surface area contributed by atoms with Gasteiger partial charge in [-0.3, -0.25) is 0 Å². The van der Waals surface area contributed by atoms with Crippen molar-refractivity contribution in [3.8, 4) is 0 Å². The zero-order valence-electron chi connectivity index (χ0n) is 71.4. The van der Waals surface area contributed by atoms with Crippen LogP contribution in [0.3, 0.4) is 0 Å². The zero-order chi connectivity index (χ0) is 97.8. The Hall–Kier alpha value is -2.44. The topological polar surface area (TPSA) is 915 Å². The molecule has 0 aromatic carbocycles. The molecule has 136 heavy (non-hydrogen) atoms. The van der Waals surface area contributed by atoms with Crippen molar-refractivity contribution in [1.29, 1.82) is 0 Å². The van der Waals surface area contributed by atoms with Crippen LogP contribution in [0.25, 0.3) is 0 Å². The van der Waals surface area contributed by atoms with Crippen molar-refractivity contribution in [2.24, 2.45) is 0 Å². The summed E-state index contributed by atoms with van der Waals surface area (Å²) in [5.74, 6) is 0. The van der Waals surface area contributed by atoms with Crippen LogP contribution in [0.2, 0.25) is 0 Å². The van der Waals surface area contributed by atoms with Gasteiger partial charge in [-0.15, -0.1) is 0 Å². The summed E-state index contributed by atoms with van der Waals surface area (Å²) < 4.78 is 164. The van der Waals surface area contributed by atoms with Gasteiger partial charge >= 0.3 is 0 Å². The molecule has 0 spiro atoms. The maximum absolute atomic E-state index is 11.6. The lowest BCUT2D eigenvalue weighted by molar-refractivity contribution is -0.384. The van der Waals surface area contributed by atoms with Crippen LogP contribution in [0, 0.1) is 0 Å². The van der Waals surface area contributed by atoms with E-state index in [9.17, 15) is 163 Å². The first-order valence-corrected chi connectivity index (χ1v) is 43.9. The molecule has 15 fully saturated rings. The summed E-state index contributed by atoms with van der Waals surface area (Å²) >= 11 is 0. The van der Waals surface area contributed by atoms with Gasteiger partial charge in [0.15, 0.2) is 94.4 Å². The zero-order valence-corrected chi connectivity index (χ0v) is 71.4. The molecule has 0 aromatic rings. The van der Waals surface area contributed by atoms with Gasteiger partial charge in [0.05, 0.1) is 99.1 Å². The minimum Gasteiger partial charge on any atom is -0.394 e. The number of rotatable bonds is 30. The van der Waals surface area contributed by atoms with Gasteiger partial charge in [-0.05, 0) is 0 Å². The molecule has 15 saturated heterocycles. The van der Waals surface area contributed by atoms with Crippen molar-refractivity contribution in [2.45, 2.75) is 369 Å². The highest BCUT2D eigenvalue weighted by molar-refractivity contribution is 5.02. The fraction of sp³-hybridized carbons (Fsp3) is 1.00. The summed E-state index contributed by atoms with van der Waals surface area (Å²) in [6.45, 7) is -9.43. The third kappa shape index (κ3) is 23.3. The first kappa shape index (κ1) is 108. The molecule has 0 aromatic heterocycles. The minimum atomic E-state index is -2.09. The summed E-state index contributed by atoms with van der Waals surface area (Å²) in [5.41, 5.74) is 0. The third-order valence-electron chi connectivity index (χ3n) is 25.9. The van der Waals surface area contributed by atoms with Crippen molar-refractivity contribution < 1.29 is 301 Å². The fourth-order valence-electron chi connectivity index (χ4n) is 17.5. The molecule has 61 nitrogen and oxygen atoms in total. The van der Waals surface area contributed by atoms with Gasteiger partial charge in [-0.2, -0.15) is 0 Å². The monoisotopic (exact) mass is 2000 g/mol. The van der Waals surface area contributed by atoms with E-state index in [-0.39, 0.29) is 0 Å². The molecule has 15 unspecified atom stereocenters. The molecule has 15 aliphatic rings. The van der Waals surface area contributed by atoms with E-state index in [1.807, 2.05) is 0 Å². The molecule has 61 heteroatoms. The summed E-state index contributed by atoms with van der Waals surface area (Å²) in [5, 5.41) is 347. The standard InChI is InChI=1S/C75H122O61/c76-1-17-32(80)57(105)73(121-17)135-59-30(134-62-46(94)31(79)16(78)3-109-62)15-120-75(60(59)136-74-58(106)33(81)18(2-77)122-74)133-29-14-119-72(56(104)44(29)92)132-28-13-118-71(55(103)43(28)91)131-27-12-117-70(54(102)42(27)90)130-26-11-116-69(53(101)41(26)89)129-25-10-115-68(52(100)40(25)88)128-24-9-114-67(51(99)39(24)87)127-23-8-113-66(50(98)38(23)86)126-22-7-112-65(49(97)37(22)85)125-21-6-111-64(48(96)36(21)84)124-20-5-110-63(47(95)35(20)83)123-19-4-108-61(107)45(93)34(19)82/h16-107H,1-15H2/t16-,17+,18+,19-,20-,21-,22-,23-,24-,25-,26-,27-,28-,29-,30-,31+,32-,33-,34+,35+,36+,37+,38+,39+,40+,41+,42+,43+,44+,45?,46?,47?,48?,49?,50?,51?,52?,53?,54?,55?,56?,57?,58?,59+,60?,61-,62+,63+,64-,65-,66-,67-,68-,69-,70-,71-,72-,73+,74+,75+/m1/s1. The Labute approximate surface area is 766 Å². The van der Waals surface area contributed by atoms with Crippen molar-refractivity contribution in [3.05, 3.63) is 0 Å². The predicted molar refractivity (Wildman–Crippen MR) is 403 cm³/mol. The highest BCUT2D eigenvalue weighted by Crippen LogP contribution is 2.41. The Kier molecular flexibility index (Phi) is 37.0. The smallest absolute Gasteiger partial charge is 0.187 e. The van der Waals surface area contributed by atoms with Crippen LogP contribution in [0.4, 0.5) is 0 Å². The molecule has 0 aliphatic carbocycles. The summed E-state index contributed by atoms with van der Waals surface area (Å²) in [4.78, 5) is 0. The van der Waals surface area contributed by atoms with E-state index in [1.54, 1.807) is 0 Å². The van der Waals surface area contributed by atoms with Crippen LogP contribution in [-0.4, -0.2) is 632 Å². The predicted octanol–water partition coefficient (Wildman–Crippen LogP) is -24.1. The van der Waals surface area contributed by atoms with Crippen LogP contribution in [0.15, 0.2) is 0 Å². The quantitative estimate of drug-likeness (QED) is 0.0318. The molecule has 0 bridgehead atoms. The second-order valence-electron chi connectivity index (χ2n) is 35.2. The second kappa shape index (κ2) is 46.7. The average molecular weight is 2000 g/mol. The summed E-state index contributed by atoms with van der Waals surface area (Å²) in [7, 11) is 0. The van der Waals surface area contributed by atoms with Gasteiger partial charge in [-0.25, -0.2) is 0 Å². The Morgan fingerprint density at radius 2 is 0.316 bits per heavy atom. The second-order valence-corrected chi connectivity index (χ2v) is 35.2. The van der Waals surface area contributed by atoms with Gasteiger partial charge in [0.25, 0.3) is 0 Å². The Morgan fingerprint density at radius 1 is 0.147 bits per heavy atom. The lowest BCUT2D eigenvalue weighted by Gasteiger charge is -2.47. The lowest BCUT2D eigenvalue weighted by Crippen LogP contribution is -2.64. The van der Waals surface area contributed by atoms with Crippen LogP contribution >= 0.6 is 0 Å². The van der Waals surface area contributed by atoms with E-state index in [1.165, 1.54) is 0 Å². The first-order chi connectivity index (χ1) is 64.7. The van der Waals surface area contributed by atoms with Gasteiger partial charge < -0.3 is 301 Å². The van der Waals surface area contributed by atoms with E-state index in [0.717, 1.165) is 0 Å². The Balaban J connectivity index is 0.456. The first-order valence-electron chi connectivity index (χ1n) is 43.9. The summed E-state index contributed by atoms with van der Waals surface area (Å²) in [6, 6.07) is 0. The fourth-order valence-corrected chi connectivity index (χ4v) is 17.5. The van der Waals surface area contributed by atoms with E-state index in [4.69, 9.17) is 137 Å². The number of aliphatic hydroxyl groups excluding tert-OH is 32. The van der Waals surface area contributed by atoms with E-state index in [0.29, 0.717) is 0 Å². The number of ether oxygens (including phenoxy) is 29. The van der Waals surface area contributed by atoms with Gasteiger partial charge in [0, 0.05) is 0 Å². The molecule has 60 atom stereocenters. The highest BCUT2D eigenvalue weighted by Gasteiger charge is 2.61. The van der Waals surface area contributed by atoms with Crippen LogP contribution < -0.4 is 0 Å². The van der Waals surface area contributed by atoms with E-state index < -0.39 is 468 Å². The molecule has 0 saturated carbocycles. The molecular formula is C75H122O61. The number of aliphatic hydroxyl groups is 32. The van der Waals surface area contributed by atoms with Crippen LogP contribution in [0.1, 0.15) is 0 Å². The summed E-state index contributed by atoms with van der Waals surface area (Å²) in [6.07, 6.45) is -106. The number of hydrogen-bond acceptors (Lipinski definition) is 61. The minimum absolute atomic E-state index is 0.416. The average Bonchev–Trinajstić information content (AvgIpc) is 1.28. The molecule has 788 valence electrons. The SMILES string of the molecule is OC[C@@H]1O[C@@H](OC2[C@H](O[C@@H]3CO[C@H](O[C@@H]4CO[C@H](O[C@@H]5CO[C@H](O[C@@H]6CO[C@H](O[C@@H]7CO[C@H](O[C@@H]8CO[C@H](O[C@@H]9CO[C@H](O[C@@H]%10CO[C@H](O[C@@H]%11CO[C@H](O[C@@H]%12CO[C@@H](O[C@@H]%13CO[C@@H](O)C(O)[C@H]%13O)C(O)[C@H]%12O)C(O)[C@H]%11O)C(O)[C@H]%10O)C(O)[C@H]9O)C(O)[C@H]8O)C(O)[C@H]7O)C(O)[C@H]6O)C(O)[C@H]5O)C(O)[C@H]4O)C(O)[C@H]3O)OC[C@@H](O[C@@H]3OC[C@@H](O)[C@H](O)C3O)[C@@H]2O[C@@H]2O[C@@H](CO)[C@@H](O)C2O)C(O)[C@@H]1O. The van der Waals surface area contributed by atoms with Gasteiger partial charge in [0.2, 0.25) is 0 Å². The molecule has 0 radical (unpaired) electrons. The maximum atomic E-state index is 11.6. The Bertz CT molecular complexity index is 3630. The van der Waals surface area contributed by atoms with E-state index in [2.05, 4.69) is 0 Å². The lowest BCUT2D eigenvalue weighted by atomic mass is 10.0. The van der Waals surface area contributed by atoms with Crippen LogP contribution in [-0.2, 0) is 137 Å². The molecule has 0 amide bonds. The van der Waals surface area contributed by atoms with Gasteiger partial charge in [-0.1, -0.05) is 0 Å². The number of hydrogen-bond donors (Lipinski definition) is 32. The molecule has 15 heterocycles. The largest absolute Gasteiger partial charge is 0.394 e. The normalized spacial score (nSPS) is 54.7. The van der Waals surface area contributed by atoms with Gasteiger partial charge in [0.1, 0.15) is 275 Å². The van der Waals surface area contributed by atoms with Crippen molar-refractivity contribution in [3.63, 3.8) is 0 Å². The molecule has 32 N–H and O–H groups in total. The van der Waals surface area contributed by atoms with Crippen LogP contribution in [0.5, 0.6) is 0 Å². The van der Waals surface area contributed by atoms with Crippen molar-refractivity contribution in [2.75, 3.05) is 99.1 Å². The highest BCUT2D eigenvalue weighted by atomic mass is 16.8. The van der Waals surface area contributed by atoms with Crippen molar-refractivity contribution in [1.82, 2.24) is 0 Å². The third-order valence-corrected chi connectivity index (χ3v) is 25.9. The van der Waals surface area contributed by atoms with E-state index >= 15 is 0 Å². The Morgan fingerprint density at radius 3 is 0.544 bits per heavy atom. The van der Waals surface area contributed by atoms with Crippen molar-refractivity contribution >= 4 is 0 Å². The molecule has 15 rings (SSSR count). The molecule has 15 aliphatic heterocycles. The molecular weight excluding hydrogens is 1880 g/mol.